The van der Waals surface area contributed by atoms with Gasteiger partial charge in [0.15, 0.2) is 5.65 Å². The van der Waals surface area contributed by atoms with Crippen LogP contribution in [0.3, 0.4) is 0 Å². The normalized spacial score (nSPS) is 19.7. The van der Waals surface area contributed by atoms with E-state index in [1.807, 2.05) is 30.5 Å². The summed E-state index contributed by atoms with van der Waals surface area (Å²) in [5.41, 5.74) is 2.77. The lowest BCUT2D eigenvalue weighted by molar-refractivity contribution is 0.227. The Morgan fingerprint density at radius 2 is 1.90 bits per heavy atom. The van der Waals surface area contributed by atoms with E-state index in [-0.39, 0.29) is 0 Å². The van der Waals surface area contributed by atoms with Crippen LogP contribution in [-0.4, -0.2) is 52.3 Å². The molecule has 0 amide bonds. The first kappa shape index (κ1) is 18.4. The lowest BCUT2D eigenvalue weighted by atomic mass is 10.1. The van der Waals surface area contributed by atoms with Crippen LogP contribution in [0.1, 0.15) is 32.1 Å². The number of hydrogen-bond acceptors (Lipinski definition) is 5. The van der Waals surface area contributed by atoms with Gasteiger partial charge < -0.3 is 14.4 Å². The van der Waals surface area contributed by atoms with Crippen molar-refractivity contribution in [3.05, 3.63) is 42.6 Å². The molecule has 1 atom stereocenters. The first-order chi connectivity index (χ1) is 14.2. The SMILES string of the molecule is CN1CCCC1CCOc1ccc2nc(-c3ccc(OCC4CC4)cc3)cn2n1. The molecule has 2 aromatic heterocycles. The Morgan fingerprint density at radius 1 is 1.03 bits per heavy atom. The summed E-state index contributed by atoms with van der Waals surface area (Å²) < 4.78 is 13.5. The summed E-state index contributed by atoms with van der Waals surface area (Å²) in [5.74, 6) is 2.33. The molecule has 6 nitrogen and oxygen atoms in total. The summed E-state index contributed by atoms with van der Waals surface area (Å²) in [6.45, 7) is 2.72. The third-order valence-corrected chi connectivity index (χ3v) is 6.00. The molecule has 29 heavy (non-hydrogen) atoms. The number of nitrogens with zero attached hydrogens (tertiary/aromatic N) is 4. The molecule has 3 aromatic rings. The predicted octanol–water partition coefficient (Wildman–Crippen LogP) is 4.05. The van der Waals surface area contributed by atoms with E-state index in [1.165, 1.54) is 32.2 Å². The van der Waals surface area contributed by atoms with Gasteiger partial charge in [0.2, 0.25) is 5.88 Å². The maximum absolute atomic E-state index is 5.90. The average molecular weight is 393 g/mol. The highest BCUT2D eigenvalue weighted by Gasteiger charge is 2.22. The smallest absolute Gasteiger partial charge is 0.231 e. The van der Waals surface area contributed by atoms with Crippen LogP contribution in [0.25, 0.3) is 16.9 Å². The maximum Gasteiger partial charge on any atom is 0.231 e. The van der Waals surface area contributed by atoms with Crippen LogP contribution in [0, 0.1) is 5.92 Å². The monoisotopic (exact) mass is 392 g/mol. The van der Waals surface area contributed by atoms with E-state index in [0.717, 1.165) is 41.6 Å². The average Bonchev–Trinajstić information content (AvgIpc) is 3.34. The minimum absolute atomic E-state index is 0.634. The fourth-order valence-electron chi connectivity index (χ4n) is 3.94. The molecular formula is C23H28N4O2. The molecule has 2 aliphatic rings. The minimum Gasteiger partial charge on any atom is -0.493 e. The Hall–Kier alpha value is -2.60. The number of hydrogen-bond donors (Lipinski definition) is 0. The maximum atomic E-state index is 5.90. The van der Waals surface area contributed by atoms with Crippen molar-refractivity contribution in [1.82, 2.24) is 19.5 Å². The summed E-state index contributed by atoms with van der Waals surface area (Å²) in [4.78, 5) is 7.11. The van der Waals surface area contributed by atoms with E-state index < -0.39 is 0 Å². The van der Waals surface area contributed by atoms with E-state index >= 15 is 0 Å². The lowest BCUT2D eigenvalue weighted by Crippen LogP contribution is -2.26. The van der Waals surface area contributed by atoms with Crippen molar-refractivity contribution < 1.29 is 9.47 Å². The van der Waals surface area contributed by atoms with Gasteiger partial charge in [0.1, 0.15) is 5.75 Å². The number of fused-ring (bicyclic) bond motifs is 1. The number of rotatable bonds is 8. The van der Waals surface area contributed by atoms with Crippen molar-refractivity contribution in [2.24, 2.45) is 5.92 Å². The molecule has 3 heterocycles. The van der Waals surface area contributed by atoms with Crippen molar-refractivity contribution in [3.8, 4) is 22.9 Å². The first-order valence-corrected chi connectivity index (χ1v) is 10.7. The van der Waals surface area contributed by atoms with Gasteiger partial charge in [-0.15, -0.1) is 5.10 Å². The van der Waals surface area contributed by atoms with Gasteiger partial charge >= 0.3 is 0 Å². The van der Waals surface area contributed by atoms with Crippen molar-refractivity contribution >= 4 is 5.65 Å². The molecule has 152 valence electrons. The number of ether oxygens (including phenoxy) is 2. The van der Waals surface area contributed by atoms with Gasteiger partial charge in [0, 0.05) is 17.7 Å². The van der Waals surface area contributed by atoms with Crippen LogP contribution >= 0.6 is 0 Å². The molecule has 1 saturated heterocycles. The van der Waals surface area contributed by atoms with Gasteiger partial charge in [-0.3, -0.25) is 0 Å². The van der Waals surface area contributed by atoms with Crippen LogP contribution in [0.5, 0.6) is 11.6 Å². The van der Waals surface area contributed by atoms with Crippen LogP contribution in [0.15, 0.2) is 42.6 Å². The highest BCUT2D eigenvalue weighted by Crippen LogP contribution is 2.30. The van der Waals surface area contributed by atoms with Gasteiger partial charge in [-0.05, 0) is 81.9 Å². The second kappa shape index (κ2) is 8.03. The minimum atomic E-state index is 0.634. The van der Waals surface area contributed by atoms with E-state index in [2.05, 4.69) is 34.2 Å². The van der Waals surface area contributed by atoms with E-state index in [1.54, 1.807) is 4.52 Å². The van der Waals surface area contributed by atoms with Gasteiger partial charge in [0.05, 0.1) is 25.1 Å². The molecule has 1 aromatic carbocycles. The van der Waals surface area contributed by atoms with Crippen LogP contribution in [0.2, 0.25) is 0 Å². The Bertz CT molecular complexity index is 965. The quantitative estimate of drug-likeness (QED) is 0.579. The highest BCUT2D eigenvalue weighted by molar-refractivity contribution is 5.63. The molecule has 5 rings (SSSR count). The highest BCUT2D eigenvalue weighted by atomic mass is 16.5. The largest absolute Gasteiger partial charge is 0.493 e. The number of aromatic nitrogens is 3. The van der Waals surface area contributed by atoms with E-state index in [0.29, 0.717) is 18.5 Å². The van der Waals surface area contributed by atoms with Gasteiger partial charge in [0.25, 0.3) is 0 Å². The zero-order chi connectivity index (χ0) is 19.6. The molecule has 0 bridgehead atoms. The van der Waals surface area contributed by atoms with Gasteiger partial charge in [-0.1, -0.05) is 0 Å². The molecule has 0 spiro atoms. The summed E-state index contributed by atoms with van der Waals surface area (Å²) in [6, 6.07) is 12.6. The standard InChI is InChI=1S/C23H28N4O2/c1-26-13-2-3-19(26)12-14-28-23-11-10-22-24-21(15-27(22)25-23)18-6-8-20(9-7-18)29-16-17-4-5-17/h6-11,15,17,19H,2-5,12-14,16H2,1H3. The molecule has 0 N–H and O–H groups in total. The Morgan fingerprint density at radius 3 is 2.66 bits per heavy atom. The Balaban J connectivity index is 1.22. The summed E-state index contributed by atoms with van der Waals surface area (Å²) >= 11 is 0. The Kier molecular flexibility index (Phi) is 5.10. The second-order valence-electron chi connectivity index (χ2n) is 8.29. The third-order valence-electron chi connectivity index (χ3n) is 6.00. The molecule has 2 fully saturated rings. The topological polar surface area (TPSA) is 51.9 Å². The number of imidazole rings is 1. The molecule has 1 saturated carbocycles. The van der Waals surface area contributed by atoms with Crippen molar-refractivity contribution in [3.63, 3.8) is 0 Å². The third kappa shape index (κ3) is 4.37. The molecule has 1 aliphatic carbocycles. The second-order valence-corrected chi connectivity index (χ2v) is 8.29. The van der Waals surface area contributed by atoms with Crippen LogP contribution < -0.4 is 9.47 Å². The summed E-state index contributed by atoms with van der Waals surface area (Å²) in [7, 11) is 2.20. The van der Waals surface area contributed by atoms with Crippen molar-refractivity contribution in [2.45, 2.75) is 38.1 Å². The molecule has 1 aliphatic heterocycles. The first-order valence-electron chi connectivity index (χ1n) is 10.7. The van der Waals surface area contributed by atoms with Gasteiger partial charge in [-0.2, -0.15) is 0 Å². The Labute approximate surface area is 171 Å². The molecule has 0 radical (unpaired) electrons. The number of benzene rings is 1. The zero-order valence-corrected chi connectivity index (χ0v) is 17.0. The van der Waals surface area contributed by atoms with E-state index in [4.69, 9.17) is 9.47 Å². The summed E-state index contributed by atoms with van der Waals surface area (Å²) in [5, 5.41) is 4.57. The predicted molar refractivity (Wildman–Crippen MR) is 112 cm³/mol. The zero-order valence-electron chi connectivity index (χ0n) is 17.0. The fourth-order valence-corrected chi connectivity index (χ4v) is 3.94. The van der Waals surface area contributed by atoms with Crippen molar-refractivity contribution in [2.75, 3.05) is 26.8 Å². The molecular weight excluding hydrogens is 364 g/mol. The number of likely N-dealkylation sites (tertiary alicyclic amines) is 1. The van der Waals surface area contributed by atoms with Gasteiger partial charge in [-0.25, -0.2) is 9.50 Å². The van der Waals surface area contributed by atoms with Crippen LogP contribution in [0.4, 0.5) is 0 Å². The molecule has 6 heteroatoms. The van der Waals surface area contributed by atoms with Crippen LogP contribution in [-0.2, 0) is 0 Å². The molecule has 1 unspecified atom stereocenters. The van der Waals surface area contributed by atoms with E-state index in [9.17, 15) is 0 Å². The summed E-state index contributed by atoms with van der Waals surface area (Å²) in [6.07, 6.45) is 8.15. The lowest BCUT2D eigenvalue weighted by Gasteiger charge is -2.18. The van der Waals surface area contributed by atoms with Crippen molar-refractivity contribution in [1.29, 1.82) is 0 Å². The fraction of sp³-hybridized carbons (Fsp3) is 0.478.